The van der Waals surface area contributed by atoms with Gasteiger partial charge in [0, 0.05) is 17.8 Å². The summed E-state index contributed by atoms with van der Waals surface area (Å²) in [6.45, 7) is -1.40. The molecule has 2 aromatic heterocycles. The molecule has 3 N–H and O–H groups in total. The van der Waals surface area contributed by atoms with Gasteiger partial charge >= 0.3 is 0 Å². The van der Waals surface area contributed by atoms with Gasteiger partial charge in [0.05, 0.1) is 34.6 Å². The van der Waals surface area contributed by atoms with Crippen LogP contribution in [0.5, 0.6) is 0 Å². The third-order valence-corrected chi connectivity index (χ3v) is 5.44. The number of hydrogen-bond acceptors (Lipinski definition) is 5. The molecule has 26 heavy (non-hydrogen) atoms. The molecule has 0 saturated carbocycles. The molecule has 2 heterocycles. The SMILES string of the molecule is N#Cc1c[nH]c2c(NS(=O)(=O)c3cnn([C@@H](CO)CF)c3)ccc(Cl)c12. The van der Waals surface area contributed by atoms with Crippen LogP contribution in [0.25, 0.3) is 10.9 Å². The highest BCUT2D eigenvalue weighted by Crippen LogP contribution is 2.32. The van der Waals surface area contributed by atoms with Crippen molar-refractivity contribution < 1.29 is 17.9 Å². The monoisotopic (exact) mass is 397 g/mol. The summed E-state index contributed by atoms with van der Waals surface area (Å²) in [5, 5.41) is 22.7. The van der Waals surface area contributed by atoms with E-state index in [1.165, 1.54) is 18.3 Å². The molecule has 3 rings (SSSR count). The molecule has 8 nitrogen and oxygen atoms in total. The van der Waals surface area contributed by atoms with Gasteiger partial charge in [-0.1, -0.05) is 11.6 Å². The van der Waals surface area contributed by atoms with Gasteiger partial charge in [-0.25, -0.2) is 12.8 Å². The number of rotatable bonds is 6. The van der Waals surface area contributed by atoms with Gasteiger partial charge in [0.15, 0.2) is 0 Å². The second kappa shape index (κ2) is 6.95. The molecular weight excluding hydrogens is 385 g/mol. The van der Waals surface area contributed by atoms with Crippen LogP contribution in [0.4, 0.5) is 10.1 Å². The van der Waals surface area contributed by atoms with Crippen molar-refractivity contribution >= 4 is 38.2 Å². The Balaban J connectivity index is 1.99. The lowest BCUT2D eigenvalue weighted by molar-refractivity contribution is 0.190. The fraction of sp³-hybridized carbons (Fsp3) is 0.200. The summed E-state index contributed by atoms with van der Waals surface area (Å²) in [4.78, 5) is 2.63. The fourth-order valence-electron chi connectivity index (χ4n) is 2.45. The summed E-state index contributed by atoms with van der Waals surface area (Å²) in [6, 6.07) is 3.96. The highest BCUT2D eigenvalue weighted by Gasteiger charge is 2.21. The van der Waals surface area contributed by atoms with E-state index in [4.69, 9.17) is 22.0 Å². The minimum absolute atomic E-state index is 0.195. The minimum atomic E-state index is -4.03. The van der Waals surface area contributed by atoms with E-state index in [1.54, 1.807) is 0 Å². The number of aliphatic hydroxyl groups is 1. The summed E-state index contributed by atoms with van der Waals surface area (Å²) in [7, 11) is -4.03. The van der Waals surface area contributed by atoms with E-state index in [-0.39, 0.29) is 16.1 Å². The lowest BCUT2D eigenvalue weighted by Gasteiger charge is -2.10. The van der Waals surface area contributed by atoms with Gasteiger partial charge in [-0.3, -0.25) is 9.40 Å². The van der Waals surface area contributed by atoms with E-state index < -0.39 is 29.3 Å². The van der Waals surface area contributed by atoms with Gasteiger partial charge in [-0.05, 0) is 12.1 Å². The maximum Gasteiger partial charge on any atom is 0.265 e. The van der Waals surface area contributed by atoms with E-state index >= 15 is 0 Å². The highest BCUT2D eigenvalue weighted by molar-refractivity contribution is 7.92. The van der Waals surface area contributed by atoms with E-state index in [0.717, 1.165) is 17.1 Å². The molecule has 0 saturated heterocycles. The van der Waals surface area contributed by atoms with Crippen LogP contribution in [0, 0.1) is 11.3 Å². The maximum atomic E-state index is 12.8. The van der Waals surface area contributed by atoms with E-state index in [0.29, 0.717) is 15.9 Å². The van der Waals surface area contributed by atoms with Crippen molar-refractivity contribution in [1.82, 2.24) is 14.8 Å². The fourth-order valence-corrected chi connectivity index (χ4v) is 3.72. The Morgan fingerprint density at radius 2 is 2.27 bits per heavy atom. The molecule has 0 unspecified atom stereocenters. The first kappa shape index (κ1) is 18.2. The van der Waals surface area contributed by atoms with Gasteiger partial charge in [-0.15, -0.1) is 0 Å². The topological polar surface area (TPSA) is 124 Å². The second-order valence-corrected chi connectivity index (χ2v) is 7.50. The number of halogens is 2. The number of nitrogens with zero attached hydrogens (tertiary/aromatic N) is 3. The van der Waals surface area contributed by atoms with Gasteiger partial charge in [-0.2, -0.15) is 10.4 Å². The number of sulfonamides is 1. The first-order chi connectivity index (χ1) is 12.4. The summed E-state index contributed by atoms with van der Waals surface area (Å²) in [5.41, 5.74) is 0.845. The van der Waals surface area contributed by atoms with E-state index in [2.05, 4.69) is 14.8 Å². The van der Waals surface area contributed by atoms with Crippen molar-refractivity contribution in [3.8, 4) is 6.07 Å². The van der Waals surface area contributed by atoms with Crippen LogP contribution in [-0.2, 0) is 10.0 Å². The van der Waals surface area contributed by atoms with Crippen LogP contribution in [0.1, 0.15) is 11.6 Å². The average Bonchev–Trinajstić information content (AvgIpc) is 3.26. The Hall–Kier alpha value is -2.61. The molecule has 1 aromatic carbocycles. The molecule has 1 atom stereocenters. The molecule has 0 fully saturated rings. The van der Waals surface area contributed by atoms with Crippen LogP contribution >= 0.6 is 11.6 Å². The van der Waals surface area contributed by atoms with Crippen molar-refractivity contribution in [3.05, 3.63) is 41.3 Å². The Labute approximate surface area is 152 Å². The summed E-state index contributed by atoms with van der Waals surface area (Å²) in [6.07, 6.45) is 3.62. The van der Waals surface area contributed by atoms with Crippen molar-refractivity contribution in [3.63, 3.8) is 0 Å². The molecule has 3 aromatic rings. The van der Waals surface area contributed by atoms with E-state index in [9.17, 15) is 12.8 Å². The average molecular weight is 398 g/mol. The van der Waals surface area contributed by atoms with Crippen molar-refractivity contribution in [2.24, 2.45) is 0 Å². The van der Waals surface area contributed by atoms with Crippen LogP contribution in [0.15, 0.2) is 35.6 Å². The largest absolute Gasteiger partial charge is 0.394 e. The summed E-state index contributed by atoms with van der Waals surface area (Å²) >= 11 is 6.09. The third kappa shape index (κ3) is 3.12. The zero-order valence-corrected chi connectivity index (χ0v) is 14.7. The van der Waals surface area contributed by atoms with Crippen molar-refractivity contribution in [2.75, 3.05) is 18.0 Å². The van der Waals surface area contributed by atoms with Crippen LogP contribution in [-0.4, -0.2) is 41.6 Å². The highest BCUT2D eigenvalue weighted by atomic mass is 35.5. The zero-order chi connectivity index (χ0) is 18.9. The summed E-state index contributed by atoms with van der Waals surface area (Å²) in [5.74, 6) is 0. The molecule has 11 heteroatoms. The lowest BCUT2D eigenvalue weighted by atomic mass is 10.1. The number of aromatic nitrogens is 3. The number of hydrogen-bond donors (Lipinski definition) is 3. The molecule has 0 aliphatic heterocycles. The minimum Gasteiger partial charge on any atom is -0.394 e. The van der Waals surface area contributed by atoms with Gasteiger partial charge in [0.25, 0.3) is 10.0 Å². The third-order valence-electron chi connectivity index (χ3n) is 3.80. The molecule has 136 valence electrons. The summed E-state index contributed by atoms with van der Waals surface area (Å²) < 4.78 is 41.4. The number of nitrogens with one attached hydrogen (secondary N) is 2. The van der Waals surface area contributed by atoms with Crippen molar-refractivity contribution in [2.45, 2.75) is 10.9 Å². The standard InChI is InChI=1S/C15H13ClFN5O3S/c16-12-1-2-13(15-14(12)9(4-18)5-19-15)21-26(24,25)11-6-20-22(7-11)10(3-17)8-23/h1-2,5-7,10,19,21,23H,3,8H2/t10-/m1/s1. The Morgan fingerprint density at radius 3 is 2.92 bits per heavy atom. The molecule has 0 amide bonds. The number of alkyl halides is 1. The first-order valence-corrected chi connectivity index (χ1v) is 9.21. The Morgan fingerprint density at radius 1 is 1.50 bits per heavy atom. The smallest absolute Gasteiger partial charge is 0.265 e. The maximum absolute atomic E-state index is 12.8. The first-order valence-electron chi connectivity index (χ1n) is 7.34. The predicted octanol–water partition coefficient (Wildman–Crippen LogP) is 2.19. The lowest BCUT2D eigenvalue weighted by Crippen LogP contribution is -2.16. The molecule has 0 radical (unpaired) electrons. The second-order valence-electron chi connectivity index (χ2n) is 5.41. The number of H-pyrrole nitrogens is 1. The van der Waals surface area contributed by atoms with Gasteiger partial charge in [0.2, 0.25) is 0 Å². The van der Waals surface area contributed by atoms with Gasteiger partial charge in [0.1, 0.15) is 23.7 Å². The molecule has 0 bridgehead atoms. The number of aliphatic hydroxyl groups excluding tert-OH is 1. The number of anilines is 1. The Bertz CT molecular complexity index is 1100. The number of benzene rings is 1. The number of nitriles is 1. The van der Waals surface area contributed by atoms with Crippen LogP contribution < -0.4 is 4.72 Å². The zero-order valence-electron chi connectivity index (χ0n) is 13.1. The molecule has 0 aliphatic rings. The van der Waals surface area contributed by atoms with Crippen molar-refractivity contribution in [1.29, 1.82) is 5.26 Å². The van der Waals surface area contributed by atoms with Gasteiger partial charge < -0.3 is 10.1 Å². The Kier molecular flexibility index (Phi) is 4.86. The van der Waals surface area contributed by atoms with E-state index in [1.807, 2.05) is 6.07 Å². The normalized spacial score (nSPS) is 12.8. The number of fused-ring (bicyclic) bond motifs is 1. The molecule has 0 spiro atoms. The quantitative estimate of drug-likeness (QED) is 0.588. The number of aromatic amines is 1. The van der Waals surface area contributed by atoms with Crippen LogP contribution in [0.2, 0.25) is 5.02 Å². The van der Waals surface area contributed by atoms with Crippen LogP contribution in [0.3, 0.4) is 0 Å². The molecular formula is C15H13ClFN5O3S. The molecule has 0 aliphatic carbocycles. The predicted molar refractivity (Wildman–Crippen MR) is 93.2 cm³/mol.